The Labute approximate surface area is 173 Å². The molecule has 1 aliphatic rings. The van der Waals surface area contributed by atoms with Crippen LogP contribution in [0.1, 0.15) is 41.1 Å². The van der Waals surface area contributed by atoms with Crippen molar-refractivity contribution in [3.8, 4) is 5.75 Å². The maximum absolute atomic E-state index is 12.3. The van der Waals surface area contributed by atoms with Crippen molar-refractivity contribution in [3.05, 3.63) is 46.3 Å². The van der Waals surface area contributed by atoms with E-state index in [4.69, 9.17) is 14.2 Å². The van der Waals surface area contributed by atoms with Gasteiger partial charge in [0, 0.05) is 4.88 Å². The second-order valence-corrected chi connectivity index (χ2v) is 7.62. The number of fused-ring (bicyclic) bond motifs is 1. The number of hydrogen-bond donors (Lipinski definition) is 1. The first-order valence-electron chi connectivity index (χ1n) is 9.49. The van der Waals surface area contributed by atoms with Crippen LogP contribution in [0.15, 0.2) is 30.3 Å². The molecule has 1 unspecified atom stereocenters. The van der Waals surface area contributed by atoms with Gasteiger partial charge in [0.1, 0.15) is 10.8 Å². The summed E-state index contributed by atoms with van der Waals surface area (Å²) in [5, 5.41) is 3.13. The van der Waals surface area contributed by atoms with Gasteiger partial charge in [-0.3, -0.25) is 4.79 Å². The molecular formula is C21H23NO6S. The lowest BCUT2D eigenvalue weighted by Gasteiger charge is -2.14. The molecule has 0 bridgehead atoms. The second-order valence-electron chi connectivity index (χ2n) is 6.51. The Balaban J connectivity index is 1.57. The maximum atomic E-state index is 12.3. The van der Waals surface area contributed by atoms with Gasteiger partial charge in [-0.05, 0) is 50.8 Å². The molecule has 7 nitrogen and oxygen atoms in total. The molecule has 29 heavy (non-hydrogen) atoms. The molecule has 1 aliphatic carbocycles. The van der Waals surface area contributed by atoms with Crippen molar-refractivity contribution in [2.24, 2.45) is 0 Å². The van der Waals surface area contributed by atoms with E-state index in [0.29, 0.717) is 16.3 Å². The molecule has 1 heterocycles. The number of carbonyl (C=O) groups is 3. The van der Waals surface area contributed by atoms with Crippen LogP contribution in [0.2, 0.25) is 0 Å². The molecule has 0 saturated carbocycles. The molecular weight excluding hydrogens is 394 g/mol. The van der Waals surface area contributed by atoms with Gasteiger partial charge in [0.05, 0.1) is 12.2 Å². The Kier molecular flexibility index (Phi) is 6.87. The van der Waals surface area contributed by atoms with Crippen LogP contribution in [0.25, 0.3) is 0 Å². The summed E-state index contributed by atoms with van der Waals surface area (Å²) in [7, 11) is 0. The van der Waals surface area contributed by atoms with Crippen molar-refractivity contribution < 1.29 is 28.6 Å². The van der Waals surface area contributed by atoms with Crippen molar-refractivity contribution in [1.29, 1.82) is 0 Å². The van der Waals surface area contributed by atoms with Gasteiger partial charge in [-0.2, -0.15) is 0 Å². The number of anilines is 1. The molecule has 8 heteroatoms. The molecule has 0 aliphatic heterocycles. The van der Waals surface area contributed by atoms with Gasteiger partial charge < -0.3 is 19.5 Å². The molecule has 154 valence electrons. The molecule has 2 aromatic rings. The fraction of sp³-hybridized carbons (Fsp3) is 0.381. The van der Waals surface area contributed by atoms with Crippen LogP contribution in [0.3, 0.4) is 0 Å². The predicted molar refractivity (Wildman–Crippen MR) is 108 cm³/mol. The molecule has 3 rings (SSSR count). The zero-order chi connectivity index (χ0) is 20.8. The Morgan fingerprint density at radius 2 is 1.90 bits per heavy atom. The highest BCUT2D eigenvalue weighted by atomic mass is 32.1. The summed E-state index contributed by atoms with van der Waals surface area (Å²) in [4.78, 5) is 37.8. The van der Waals surface area contributed by atoms with Crippen molar-refractivity contribution in [3.63, 3.8) is 0 Å². The maximum Gasteiger partial charge on any atom is 0.347 e. The van der Waals surface area contributed by atoms with Gasteiger partial charge in [-0.25, -0.2) is 9.59 Å². The largest absolute Gasteiger partial charge is 0.479 e. The summed E-state index contributed by atoms with van der Waals surface area (Å²) in [5.74, 6) is -1.07. The number of nitrogens with one attached hydrogen (secondary N) is 1. The number of benzene rings is 1. The number of hydrogen-bond acceptors (Lipinski definition) is 7. The van der Waals surface area contributed by atoms with Crippen LogP contribution in [0.5, 0.6) is 5.75 Å². The fourth-order valence-corrected chi connectivity index (χ4v) is 4.37. The van der Waals surface area contributed by atoms with E-state index in [2.05, 4.69) is 5.32 Å². The third kappa shape index (κ3) is 5.14. The van der Waals surface area contributed by atoms with Crippen LogP contribution >= 0.6 is 11.3 Å². The fourth-order valence-electron chi connectivity index (χ4n) is 3.08. The normalized spacial score (nSPS) is 13.3. The lowest BCUT2D eigenvalue weighted by molar-refractivity contribution is -0.153. The van der Waals surface area contributed by atoms with Crippen molar-refractivity contribution in [2.75, 3.05) is 18.5 Å². The summed E-state index contributed by atoms with van der Waals surface area (Å²) < 4.78 is 15.7. The summed E-state index contributed by atoms with van der Waals surface area (Å²) >= 11 is 1.38. The smallest absolute Gasteiger partial charge is 0.347 e. The van der Waals surface area contributed by atoms with Gasteiger partial charge in [-0.15, -0.1) is 11.3 Å². The van der Waals surface area contributed by atoms with Gasteiger partial charge >= 0.3 is 11.9 Å². The number of rotatable bonds is 8. The highest BCUT2D eigenvalue weighted by molar-refractivity contribution is 7.17. The molecule has 0 fully saturated rings. The number of ether oxygens (including phenoxy) is 3. The number of esters is 2. The Morgan fingerprint density at radius 3 is 2.62 bits per heavy atom. The third-order valence-corrected chi connectivity index (χ3v) is 5.59. The highest BCUT2D eigenvalue weighted by Crippen LogP contribution is 2.39. The van der Waals surface area contributed by atoms with E-state index < -0.39 is 30.6 Å². The number of thiophene rings is 1. The molecule has 1 amide bonds. The minimum Gasteiger partial charge on any atom is -0.479 e. The molecule has 1 aromatic carbocycles. The van der Waals surface area contributed by atoms with Crippen molar-refractivity contribution >= 4 is 34.2 Å². The lowest BCUT2D eigenvalue weighted by Crippen LogP contribution is -2.29. The van der Waals surface area contributed by atoms with Crippen molar-refractivity contribution in [1.82, 2.24) is 0 Å². The highest BCUT2D eigenvalue weighted by Gasteiger charge is 2.28. The number of carbonyl (C=O) groups excluding carboxylic acids is 3. The van der Waals surface area contributed by atoms with Crippen LogP contribution in [-0.4, -0.2) is 37.2 Å². The third-order valence-electron chi connectivity index (χ3n) is 4.39. The summed E-state index contributed by atoms with van der Waals surface area (Å²) in [6.07, 6.45) is 1.80. The number of amides is 1. The first-order valence-corrected chi connectivity index (χ1v) is 10.3. The molecule has 0 saturated heterocycles. The van der Waals surface area contributed by atoms with Crippen LogP contribution in [0, 0.1) is 0 Å². The summed E-state index contributed by atoms with van der Waals surface area (Å²) in [5.41, 5.74) is 1.37. The standard InChI is InChI=1S/C21H23NO6S/c1-3-26-21(25)18-15-10-7-11-16(15)29-19(18)22-17(23)12-27-20(24)13(2)28-14-8-5-4-6-9-14/h4-6,8-9,13H,3,7,10-12H2,1-2H3,(H,22,23). The zero-order valence-electron chi connectivity index (χ0n) is 16.4. The van der Waals surface area contributed by atoms with E-state index in [-0.39, 0.29) is 6.61 Å². The topological polar surface area (TPSA) is 90.9 Å². The Bertz CT molecular complexity index is 892. The van der Waals surface area contributed by atoms with Gasteiger partial charge in [0.2, 0.25) is 0 Å². The summed E-state index contributed by atoms with van der Waals surface area (Å²) in [6.45, 7) is 3.08. The van der Waals surface area contributed by atoms with E-state index in [0.717, 1.165) is 29.7 Å². The second kappa shape index (κ2) is 9.56. The van der Waals surface area contributed by atoms with Crippen LogP contribution in [0.4, 0.5) is 5.00 Å². The monoisotopic (exact) mass is 417 g/mol. The number of aryl methyl sites for hydroxylation is 1. The molecule has 1 N–H and O–H groups in total. The quantitative estimate of drug-likeness (QED) is 0.663. The average molecular weight is 417 g/mol. The number of para-hydroxylation sites is 1. The van der Waals surface area contributed by atoms with E-state index in [9.17, 15) is 14.4 Å². The van der Waals surface area contributed by atoms with Gasteiger partial charge in [-0.1, -0.05) is 18.2 Å². The SMILES string of the molecule is CCOC(=O)c1c(NC(=O)COC(=O)C(C)Oc2ccccc2)sc2c1CCC2. The van der Waals surface area contributed by atoms with E-state index >= 15 is 0 Å². The van der Waals surface area contributed by atoms with Crippen LogP contribution in [-0.2, 0) is 31.9 Å². The van der Waals surface area contributed by atoms with E-state index in [1.165, 1.54) is 11.3 Å². The van der Waals surface area contributed by atoms with Crippen LogP contribution < -0.4 is 10.1 Å². The molecule has 1 atom stereocenters. The minimum absolute atomic E-state index is 0.258. The lowest BCUT2D eigenvalue weighted by atomic mass is 10.1. The average Bonchev–Trinajstić information content (AvgIpc) is 3.27. The van der Waals surface area contributed by atoms with Gasteiger partial charge in [0.15, 0.2) is 12.7 Å². The Morgan fingerprint density at radius 1 is 1.14 bits per heavy atom. The first kappa shape index (κ1) is 20.9. The minimum atomic E-state index is -0.856. The predicted octanol–water partition coefficient (Wildman–Crippen LogP) is 3.36. The van der Waals surface area contributed by atoms with E-state index in [1.807, 2.05) is 6.07 Å². The van der Waals surface area contributed by atoms with E-state index in [1.54, 1.807) is 38.1 Å². The zero-order valence-corrected chi connectivity index (χ0v) is 17.2. The first-order chi connectivity index (χ1) is 14.0. The molecule has 0 spiro atoms. The van der Waals surface area contributed by atoms with Gasteiger partial charge in [0.25, 0.3) is 5.91 Å². The molecule has 1 aromatic heterocycles. The summed E-state index contributed by atoms with van der Waals surface area (Å²) in [6, 6.07) is 8.87. The molecule has 0 radical (unpaired) electrons. The Hall–Kier alpha value is -2.87. The van der Waals surface area contributed by atoms with Crippen molar-refractivity contribution in [2.45, 2.75) is 39.2 Å².